The number of aromatic nitrogens is 1. The molecule has 1 amide bonds. The first-order chi connectivity index (χ1) is 15.0. The molecule has 5 nitrogen and oxygen atoms in total. The standard InChI is InChI=1S/C25H25BrN2O3/c1-17-12-21(13-18(2)24(17)31-16-19-4-3-9-27-14-19)25(29)28-10-11-30-23(15-28)20-5-7-22(26)8-6-20/h3-9,12-14,23H,10-11,15-16H2,1-2H3. The highest BCUT2D eigenvalue weighted by molar-refractivity contribution is 9.10. The Labute approximate surface area is 191 Å². The smallest absolute Gasteiger partial charge is 0.254 e. The second kappa shape index (κ2) is 9.62. The predicted octanol–water partition coefficient (Wildman–Crippen LogP) is 5.25. The number of aryl methyl sites for hydroxylation is 2. The number of amides is 1. The van der Waals surface area contributed by atoms with Crippen LogP contribution in [0.5, 0.6) is 5.75 Å². The van der Waals surface area contributed by atoms with Crippen LogP contribution in [-0.2, 0) is 11.3 Å². The molecular weight excluding hydrogens is 456 g/mol. The number of rotatable bonds is 5. The van der Waals surface area contributed by atoms with Crippen molar-refractivity contribution in [1.82, 2.24) is 9.88 Å². The van der Waals surface area contributed by atoms with E-state index in [1.807, 2.05) is 67.3 Å². The van der Waals surface area contributed by atoms with Gasteiger partial charge in [-0.25, -0.2) is 0 Å². The number of halogens is 1. The van der Waals surface area contributed by atoms with Crippen LogP contribution < -0.4 is 4.74 Å². The van der Waals surface area contributed by atoms with Gasteiger partial charge in [0.15, 0.2) is 0 Å². The van der Waals surface area contributed by atoms with E-state index < -0.39 is 0 Å². The number of carbonyl (C=O) groups is 1. The lowest BCUT2D eigenvalue weighted by molar-refractivity contribution is -0.0228. The minimum Gasteiger partial charge on any atom is -0.488 e. The lowest BCUT2D eigenvalue weighted by atomic mass is 10.0. The Hall–Kier alpha value is -2.70. The lowest BCUT2D eigenvalue weighted by Gasteiger charge is -2.33. The van der Waals surface area contributed by atoms with Crippen molar-refractivity contribution in [3.8, 4) is 5.75 Å². The van der Waals surface area contributed by atoms with E-state index in [9.17, 15) is 4.79 Å². The first-order valence-electron chi connectivity index (χ1n) is 10.3. The summed E-state index contributed by atoms with van der Waals surface area (Å²) in [6.07, 6.45) is 3.42. The van der Waals surface area contributed by atoms with E-state index in [1.165, 1.54) is 0 Å². The summed E-state index contributed by atoms with van der Waals surface area (Å²) in [6, 6.07) is 15.8. The third-order valence-electron chi connectivity index (χ3n) is 5.41. The predicted molar refractivity (Wildman–Crippen MR) is 123 cm³/mol. The Morgan fingerprint density at radius 2 is 1.94 bits per heavy atom. The Kier molecular flexibility index (Phi) is 6.68. The number of benzene rings is 2. The van der Waals surface area contributed by atoms with Gasteiger partial charge in [0, 0.05) is 34.5 Å². The molecule has 2 aromatic carbocycles. The summed E-state index contributed by atoms with van der Waals surface area (Å²) < 4.78 is 13.0. The number of morpholine rings is 1. The normalized spacial score (nSPS) is 16.2. The van der Waals surface area contributed by atoms with Crippen LogP contribution >= 0.6 is 15.9 Å². The van der Waals surface area contributed by atoms with Crippen molar-refractivity contribution in [3.05, 3.63) is 93.2 Å². The molecule has 1 aliphatic rings. The van der Waals surface area contributed by atoms with Crippen molar-refractivity contribution in [2.45, 2.75) is 26.6 Å². The van der Waals surface area contributed by atoms with Crippen molar-refractivity contribution in [2.75, 3.05) is 19.7 Å². The van der Waals surface area contributed by atoms with Crippen LogP contribution in [0.25, 0.3) is 0 Å². The SMILES string of the molecule is Cc1cc(C(=O)N2CCOC(c3ccc(Br)cc3)C2)cc(C)c1OCc1cccnc1. The van der Waals surface area contributed by atoms with Crippen LogP contribution in [0.2, 0.25) is 0 Å². The van der Waals surface area contributed by atoms with Crippen molar-refractivity contribution in [1.29, 1.82) is 0 Å². The van der Waals surface area contributed by atoms with Crippen LogP contribution in [-0.4, -0.2) is 35.5 Å². The maximum absolute atomic E-state index is 13.2. The first-order valence-corrected chi connectivity index (χ1v) is 11.1. The first kappa shape index (κ1) is 21.5. The maximum Gasteiger partial charge on any atom is 0.254 e. The third-order valence-corrected chi connectivity index (χ3v) is 5.94. The topological polar surface area (TPSA) is 51.7 Å². The summed E-state index contributed by atoms with van der Waals surface area (Å²) in [7, 11) is 0. The van der Waals surface area contributed by atoms with Gasteiger partial charge in [-0.05, 0) is 60.9 Å². The molecule has 0 radical (unpaired) electrons. The van der Waals surface area contributed by atoms with E-state index in [0.717, 1.165) is 32.5 Å². The fraction of sp³-hybridized carbons (Fsp3) is 0.280. The Morgan fingerprint density at radius 3 is 2.61 bits per heavy atom. The van der Waals surface area contributed by atoms with Gasteiger partial charge in [0.05, 0.1) is 13.2 Å². The maximum atomic E-state index is 13.2. The molecule has 1 atom stereocenters. The van der Waals surface area contributed by atoms with Gasteiger partial charge in [0.2, 0.25) is 0 Å². The molecule has 160 valence electrons. The average molecular weight is 481 g/mol. The molecule has 0 aliphatic carbocycles. The zero-order valence-electron chi connectivity index (χ0n) is 17.7. The minimum atomic E-state index is -0.116. The molecule has 0 saturated carbocycles. The zero-order chi connectivity index (χ0) is 21.8. The fourth-order valence-corrected chi connectivity index (χ4v) is 4.10. The molecule has 1 aliphatic heterocycles. The van der Waals surface area contributed by atoms with Crippen molar-refractivity contribution < 1.29 is 14.3 Å². The third kappa shape index (κ3) is 5.14. The molecule has 1 saturated heterocycles. The number of nitrogens with zero attached hydrogens (tertiary/aromatic N) is 2. The van der Waals surface area contributed by atoms with Gasteiger partial charge in [-0.15, -0.1) is 0 Å². The number of pyridine rings is 1. The van der Waals surface area contributed by atoms with Crippen LogP contribution in [0.4, 0.5) is 0 Å². The highest BCUT2D eigenvalue weighted by Gasteiger charge is 2.26. The molecule has 0 N–H and O–H groups in total. The molecular formula is C25H25BrN2O3. The van der Waals surface area contributed by atoms with Gasteiger partial charge in [0.1, 0.15) is 18.5 Å². The summed E-state index contributed by atoms with van der Waals surface area (Å²) >= 11 is 3.46. The van der Waals surface area contributed by atoms with Crippen LogP contribution in [0.3, 0.4) is 0 Å². The van der Waals surface area contributed by atoms with Gasteiger partial charge >= 0.3 is 0 Å². The Balaban J connectivity index is 1.47. The molecule has 0 bridgehead atoms. The summed E-state index contributed by atoms with van der Waals surface area (Å²) in [5.41, 5.74) is 4.66. The molecule has 31 heavy (non-hydrogen) atoms. The monoisotopic (exact) mass is 480 g/mol. The summed E-state index contributed by atoms with van der Waals surface area (Å²) in [5, 5.41) is 0. The van der Waals surface area contributed by atoms with Crippen molar-refractivity contribution in [2.24, 2.45) is 0 Å². The summed E-state index contributed by atoms with van der Waals surface area (Å²) in [5.74, 6) is 0.838. The van der Waals surface area contributed by atoms with Gasteiger partial charge in [-0.2, -0.15) is 0 Å². The number of ether oxygens (including phenoxy) is 2. The van der Waals surface area contributed by atoms with Crippen LogP contribution in [0.15, 0.2) is 65.4 Å². The Morgan fingerprint density at radius 1 is 1.19 bits per heavy atom. The van der Waals surface area contributed by atoms with E-state index in [0.29, 0.717) is 31.9 Å². The zero-order valence-corrected chi connectivity index (χ0v) is 19.3. The molecule has 1 unspecified atom stereocenters. The number of hydrogen-bond donors (Lipinski definition) is 0. The lowest BCUT2D eigenvalue weighted by Crippen LogP contribution is -2.42. The fourth-order valence-electron chi connectivity index (χ4n) is 3.84. The van der Waals surface area contributed by atoms with E-state index in [-0.39, 0.29) is 12.0 Å². The van der Waals surface area contributed by atoms with E-state index in [1.54, 1.807) is 12.4 Å². The van der Waals surface area contributed by atoms with Crippen LogP contribution in [0, 0.1) is 13.8 Å². The van der Waals surface area contributed by atoms with Gasteiger partial charge in [-0.1, -0.05) is 34.1 Å². The minimum absolute atomic E-state index is 0.0235. The van der Waals surface area contributed by atoms with E-state index >= 15 is 0 Å². The molecule has 3 aromatic rings. The van der Waals surface area contributed by atoms with Gasteiger partial charge < -0.3 is 14.4 Å². The van der Waals surface area contributed by atoms with Crippen molar-refractivity contribution in [3.63, 3.8) is 0 Å². The van der Waals surface area contributed by atoms with Crippen molar-refractivity contribution >= 4 is 21.8 Å². The largest absolute Gasteiger partial charge is 0.488 e. The van der Waals surface area contributed by atoms with Crippen LogP contribution in [0.1, 0.15) is 38.7 Å². The highest BCUT2D eigenvalue weighted by atomic mass is 79.9. The molecule has 2 heterocycles. The Bertz CT molecular complexity index is 1030. The van der Waals surface area contributed by atoms with Gasteiger partial charge in [-0.3, -0.25) is 9.78 Å². The van der Waals surface area contributed by atoms with E-state index in [4.69, 9.17) is 9.47 Å². The average Bonchev–Trinajstić information content (AvgIpc) is 2.79. The molecule has 0 spiro atoms. The van der Waals surface area contributed by atoms with E-state index in [2.05, 4.69) is 20.9 Å². The highest BCUT2D eigenvalue weighted by Crippen LogP contribution is 2.28. The quantitative estimate of drug-likeness (QED) is 0.500. The molecule has 4 rings (SSSR count). The summed E-state index contributed by atoms with van der Waals surface area (Å²) in [4.78, 5) is 19.2. The molecule has 1 aromatic heterocycles. The molecule has 1 fully saturated rings. The second-order valence-electron chi connectivity index (χ2n) is 7.75. The summed E-state index contributed by atoms with van der Waals surface area (Å²) in [6.45, 7) is 6.05. The second-order valence-corrected chi connectivity index (χ2v) is 8.67. The molecule has 6 heteroatoms. The number of carbonyl (C=O) groups excluding carboxylic acids is 1. The van der Waals surface area contributed by atoms with Gasteiger partial charge in [0.25, 0.3) is 5.91 Å². The number of hydrogen-bond acceptors (Lipinski definition) is 4.